The number of ketones is 1. The molecule has 0 rings (SSSR count). The number of hydrogen-bond donors (Lipinski definition) is 0. The summed E-state index contributed by atoms with van der Waals surface area (Å²) in [6.45, 7) is 1.20. The van der Waals surface area contributed by atoms with Crippen molar-refractivity contribution in [3.8, 4) is 0 Å². The van der Waals surface area contributed by atoms with Gasteiger partial charge < -0.3 is 9.90 Å². The molecule has 0 saturated heterocycles. The molecule has 0 aliphatic carbocycles. The minimum Gasteiger partial charge on any atom is -0.550 e. The molecule has 0 radical (unpaired) electrons. The van der Waals surface area contributed by atoms with Crippen molar-refractivity contribution in [1.29, 1.82) is 0 Å². The molecule has 0 atom stereocenters. The van der Waals surface area contributed by atoms with E-state index >= 15 is 0 Å². The number of aliphatic carboxylic acids is 1. The van der Waals surface area contributed by atoms with Gasteiger partial charge in [-0.05, 0) is 6.92 Å². The second kappa shape index (κ2) is 5.28. The summed E-state index contributed by atoms with van der Waals surface area (Å²) in [4.78, 5) is 19.3. The van der Waals surface area contributed by atoms with Gasteiger partial charge in [0.15, 0.2) is 0 Å². The van der Waals surface area contributed by atoms with Crippen LogP contribution in [0, 0.1) is 0 Å². The molecule has 40 valence electrons. The van der Waals surface area contributed by atoms with Crippen molar-refractivity contribution >= 4 is 11.8 Å². The average Bonchev–Trinajstić information content (AvgIpc) is 1.27. The van der Waals surface area contributed by atoms with Crippen molar-refractivity contribution in [3.63, 3.8) is 0 Å². The molecule has 0 fully saturated rings. The molecule has 3 nitrogen and oxygen atoms in total. The number of hydrogen-bond acceptors (Lipinski definition) is 3. The van der Waals surface area contributed by atoms with E-state index in [0.29, 0.717) is 0 Å². The fourth-order valence-electron chi connectivity index (χ4n) is 0.203. The van der Waals surface area contributed by atoms with Crippen LogP contribution < -0.4 is 34.7 Å². The van der Waals surface area contributed by atoms with Crippen LogP contribution in [-0.4, -0.2) is 11.8 Å². The first-order chi connectivity index (χ1) is 3.13. The summed E-state index contributed by atoms with van der Waals surface area (Å²) in [5, 5.41) is 9.48. The Bertz CT molecular complexity index is 87.5. The Morgan fingerprint density at radius 3 is 1.88 bits per heavy atom. The van der Waals surface area contributed by atoms with Gasteiger partial charge in [-0.2, -0.15) is 0 Å². The van der Waals surface area contributed by atoms with E-state index in [1.54, 1.807) is 0 Å². The molecular weight excluding hydrogens is 123 g/mol. The number of Topliss-reactive ketones (excluding diaryl/α,β-unsaturated/α-hetero) is 1. The van der Waals surface area contributed by atoms with Gasteiger partial charge in [0.05, 0.1) is 0 Å². The van der Waals surface area contributed by atoms with Gasteiger partial charge in [0.25, 0.3) is 0 Å². The first-order valence-electron chi connectivity index (χ1n) is 1.82. The van der Waals surface area contributed by atoms with Crippen molar-refractivity contribution in [2.45, 2.75) is 13.3 Å². The average molecular weight is 128 g/mol. The monoisotopic (exact) mass is 128 g/mol. The Hall–Kier alpha value is 0.140. The molecule has 0 aromatic heterocycles. The Morgan fingerprint density at radius 1 is 1.50 bits per heavy atom. The van der Waals surface area contributed by atoms with E-state index in [4.69, 9.17) is 0 Å². The maximum absolute atomic E-state index is 9.83. The molecule has 8 heavy (non-hydrogen) atoms. The quantitative estimate of drug-likeness (QED) is 0.215. The van der Waals surface area contributed by atoms with Gasteiger partial charge in [0.1, 0.15) is 5.78 Å². The van der Waals surface area contributed by atoms with Crippen molar-refractivity contribution in [2.75, 3.05) is 0 Å². The second-order valence-electron chi connectivity index (χ2n) is 1.25. The van der Waals surface area contributed by atoms with Gasteiger partial charge in [-0.15, -0.1) is 0 Å². The fourth-order valence-corrected chi connectivity index (χ4v) is 0.203. The summed E-state index contributed by atoms with van der Waals surface area (Å²) in [5.74, 6) is -1.69. The van der Waals surface area contributed by atoms with E-state index in [0.717, 1.165) is 0 Å². The predicted molar refractivity (Wildman–Crippen MR) is 20.3 cm³/mol. The molecule has 0 aliphatic heterocycles. The Labute approximate surface area is 69.4 Å². The summed E-state index contributed by atoms with van der Waals surface area (Å²) in [6, 6.07) is 0. The molecular formula is C4H5NaO3. The summed E-state index contributed by atoms with van der Waals surface area (Å²) in [7, 11) is 0. The van der Waals surface area contributed by atoms with Crippen LogP contribution in [0.4, 0.5) is 0 Å². The fraction of sp³-hybridized carbons (Fsp3) is 0.500. The number of rotatable bonds is 2. The zero-order valence-electron chi connectivity index (χ0n) is 4.93. The minimum absolute atomic E-state index is 0. The Kier molecular flexibility index (Phi) is 7.26. The topological polar surface area (TPSA) is 57.2 Å². The third kappa shape index (κ3) is 9.46. The van der Waals surface area contributed by atoms with Crippen LogP contribution in [0.2, 0.25) is 0 Å². The van der Waals surface area contributed by atoms with Gasteiger partial charge >= 0.3 is 29.6 Å². The first-order valence-corrected chi connectivity index (χ1v) is 1.82. The standard InChI is InChI=1S/C4H6O3.Na/c1-3(5)2-4(6)7;/h2H2,1H3,(H,6,7);/q;+1/p-1/i1+1,2+1,3+1,4+1;. The molecule has 4 heteroatoms. The van der Waals surface area contributed by atoms with Gasteiger partial charge in [-0.25, -0.2) is 0 Å². The Balaban J connectivity index is 0. The maximum atomic E-state index is 9.83. The zero-order chi connectivity index (χ0) is 5.86. The molecule has 0 amide bonds. The molecule has 0 saturated carbocycles. The molecule has 0 N–H and O–H groups in total. The third-order valence-corrected chi connectivity index (χ3v) is 0.393. The van der Waals surface area contributed by atoms with E-state index in [9.17, 15) is 14.7 Å². The van der Waals surface area contributed by atoms with Crippen molar-refractivity contribution in [3.05, 3.63) is 0 Å². The molecule has 0 aromatic carbocycles. The van der Waals surface area contributed by atoms with Crippen molar-refractivity contribution in [2.24, 2.45) is 0 Å². The molecule has 0 spiro atoms. The second-order valence-corrected chi connectivity index (χ2v) is 1.25. The van der Waals surface area contributed by atoms with Crippen LogP contribution in [0.1, 0.15) is 13.3 Å². The minimum atomic E-state index is -1.31. The summed E-state index contributed by atoms with van der Waals surface area (Å²) in [6.07, 6.45) is -0.472. The Morgan fingerprint density at radius 2 is 1.88 bits per heavy atom. The SMILES string of the molecule is [13CH3][13C](=O)[13CH2][13C](=O)[O-].[Na+]. The van der Waals surface area contributed by atoms with Crippen LogP contribution in [-0.2, 0) is 9.59 Å². The van der Waals surface area contributed by atoms with Crippen LogP contribution in [0.15, 0.2) is 0 Å². The van der Waals surface area contributed by atoms with E-state index in [1.807, 2.05) is 0 Å². The van der Waals surface area contributed by atoms with Gasteiger partial charge in [-0.1, -0.05) is 0 Å². The van der Waals surface area contributed by atoms with Crippen molar-refractivity contribution < 1.29 is 44.3 Å². The molecule has 0 heterocycles. The van der Waals surface area contributed by atoms with Gasteiger partial charge in [0.2, 0.25) is 0 Å². The van der Waals surface area contributed by atoms with Crippen LogP contribution in [0.5, 0.6) is 0 Å². The predicted octanol–water partition coefficient (Wildman–Crippen LogP) is -4.28. The number of carboxylic acid groups (broad SMARTS) is 1. The normalized spacial score (nSPS) is 7.12. The molecule has 0 bridgehead atoms. The van der Waals surface area contributed by atoms with E-state index in [2.05, 4.69) is 0 Å². The van der Waals surface area contributed by atoms with E-state index in [1.165, 1.54) is 6.92 Å². The molecule has 0 aromatic rings. The smallest absolute Gasteiger partial charge is 0.550 e. The molecule has 0 unspecified atom stereocenters. The number of carboxylic acids is 1. The molecule has 0 aliphatic rings. The number of carbonyl (C=O) groups excluding carboxylic acids is 2. The summed E-state index contributed by atoms with van der Waals surface area (Å²) in [5.41, 5.74) is 0. The third-order valence-electron chi connectivity index (χ3n) is 0.393. The van der Waals surface area contributed by atoms with Crippen LogP contribution >= 0.6 is 0 Å². The summed E-state index contributed by atoms with van der Waals surface area (Å²) < 4.78 is 0. The van der Waals surface area contributed by atoms with Crippen LogP contribution in [0.3, 0.4) is 0 Å². The van der Waals surface area contributed by atoms with Gasteiger partial charge in [0, 0.05) is 12.4 Å². The largest absolute Gasteiger partial charge is 1.00 e. The van der Waals surface area contributed by atoms with Crippen LogP contribution in [0.25, 0.3) is 0 Å². The van der Waals surface area contributed by atoms with Crippen molar-refractivity contribution in [1.82, 2.24) is 0 Å². The zero-order valence-corrected chi connectivity index (χ0v) is 6.93. The maximum Gasteiger partial charge on any atom is 1.00 e. The first kappa shape index (κ1) is 11.0. The van der Waals surface area contributed by atoms with E-state index < -0.39 is 12.4 Å². The number of carbonyl (C=O) groups is 2. The van der Waals surface area contributed by atoms with Gasteiger partial charge in [-0.3, -0.25) is 4.79 Å². The van der Waals surface area contributed by atoms with E-state index in [-0.39, 0.29) is 35.3 Å². The summed E-state index contributed by atoms with van der Waals surface area (Å²) >= 11 is 0.